The van der Waals surface area contributed by atoms with Crippen molar-refractivity contribution in [3.63, 3.8) is 0 Å². The zero-order chi connectivity index (χ0) is 18.7. The van der Waals surface area contributed by atoms with Crippen LogP contribution in [0.4, 0.5) is 0 Å². The minimum absolute atomic E-state index is 0.0309. The van der Waals surface area contributed by atoms with Crippen molar-refractivity contribution in [1.29, 1.82) is 0 Å². The molecule has 1 fully saturated rings. The highest BCUT2D eigenvalue weighted by Crippen LogP contribution is 2.23. The Morgan fingerprint density at radius 1 is 1.31 bits per heavy atom. The van der Waals surface area contributed by atoms with Gasteiger partial charge in [-0.1, -0.05) is 12.1 Å². The Hall–Kier alpha value is -2.83. The summed E-state index contributed by atoms with van der Waals surface area (Å²) in [4.78, 5) is 25.4. The van der Waals surface area contributed by atoms with Crippen LogP contribution >= 0.6 is 0 Å². The molecule has 1 saturated heterocycles. The Kier molecular flexibility index (Phi) is 5.25. The van der Waals surface area contributed by atoms with E-state index in [9.17, 15) is 9.59 Å². The highest BCUT2D eigenvalue weighted by molar-refractivity contribution is 5.86. The third kappa shape index (κ3) is 4.04. The Balaban J connectivity index is 1.55. The number of ether oxygens (including phenoxy) is 1. The van der Waals surface area contributed by atoms with E-state index in [1.165, 1.54) is 6.20 Å². The Labute approximate surface area is 152 Å². The van der Waals surface area contributed by atoms with Crippen molar-refractivity contribution in [2.75, 3.05) is 13.1 Å². The van der Waals surface area contributed by atoms with Gasteiger partial charge in [-0.3, -0.25) is 9.48 Å². The van der Waals surface area contributed by atoms with Gasteiger partial charge in [-0.25, -0.2) is 4.79 Å². The van der Waals surface area contributed by atoms with Crippen molar-refractivity contribution >= 4 is 11.9 Å². The Morgan fingerprint density at radius 3 is 2.65 bits per heavy atom. The van der Waals surface area contributed by atoms with E-state index in [-0.39, 0.29) is 17.5 Å². The van der Waals surface area contributed by atoms with Crippen molar-refractivity contribution < 1.29 is 19.4 Å². The van der Waals surface area contributed by atoms with E-state index >= 15 is 0 Å². The van der Waals surface area contributed by atoms with Crippen molar-refractivity contribution in [1.82, 2.24) is 14.7 Å². The molecule has 1 unspecified atom stereocenters. The van der Waals surface area contributed by atoms with Crippen molar-refractivity contribution in [2.45, 2.75) is 38.8 Å². The second kappa shape index (κ2) is 7.59. The number of aromatic carboxylic acids is 1. The molecule has 2 heterocycles. The fraction of sp³-hybridized carbons (Fsp3) is 0.421. The molecule has 1 amide bonds. The lowest BCUT2D eigenvalue weighted by molar-refractivity contribution is -0.139. The topological polar surface area (TPSA) is 84.7 Å². The maximum atomic E-state index is 12.6. The molecule has 2 aromatic rings. The molecule has 1 aromatic carbocycles. The highest BCUT2D eigenvalue weighted by atomic mass is 16.5. The average Bonchev–Trinajstić information content (AvgIpc) is 3.12. The summed E-state index contributed by atoms with van der Waals surface area (Å²) in [5, 5.41) is 13.1. The van der Waals surface area contributed by atoms with Gasteiger partial charge in [0.05, 0.1) is 17.8 Å². The van der Waals surface area contributed by atoms with Gasteiger partial charge in [-0.05, 0) is 44.4 Å². The quantitative estimate of drug-likeness (QED) is 0.889. The van der Waals surface area contributed by atoms with Crippen LogP contribution in [0.2, 0.25) is 0 Å². The average molecular weight is 357 g/mol. The number of amides is 1. The van der Waals surface area contributed by atoms with Gasteiger partial charge in [0.15, 0.2) is 6.10 Å². The molecule has 0 spiro atoms. The first-order valence-corrected chi connectivity index (χ1v) is 8.73. The van der Waals surface area contributed by atoms with Crippen LogP contribution in [0.25, 0.3) is 0 Å². The van der Waals surface area contributed by atoms with Gasteiger partial charge in [0.2, 0.25) is 0 Å². The largest absolute Gasteiger partial charge is 0.481 e. The van der Waals surface area contributed by atoms with E-state index < -0.39 is 12.1 Å². The minimum Gasteiger partial charge on any atom is -0.481 e. The number of benzene rings is 1. The third-order valence-corrected chi connectivity index (χ3v) is 4.65. The first-order valence-electron chi connectivity index (χ1n) is 8.73. The summed E-state index contributed by atoms with van der Waals surface area (Å²) < 4.78 is 7.47. The summed E-state index contributed by atoms with van der Waals surface area (Å²) >= 11 is 0. The maximum absolute atomic E-state index is 12.6. The summed E-state index contributed by atoms with van der Waals surface area (Å²) in [5.41, 5.74) is 1.27. The van der Waals surface area contributed by atoms with Gasteiger partial charge in [-0.15, -0.1) is 0 Å². The highest BCUT2D eigenvalue weighted by Gasteiger charge is 2.28. The smallest absolute Gasteiger partial charge is 0.338 e. The van der Waals surface area contributed by atoms with Crippen LogP contribution in [0.1, 0.15) is 41.7 Å². The first-order chi connectivity index (χ1) is 12.4. The van der Waals surface area contributed by atoms with Crippen LogP contribution in [0, 0.1) is 6.92 Å². The van der Waals surface area contributed by atoms with Crippen LogP contribution in [0.3, 0.4) is 0 Å². The molecule has 7 heteroatoms. The molecule has 1 aliphatic rings. The molecule has 7 nitrogen and oxygen atoms in total. The van der Waals surface area contributed by atoms with E-state index in [0.29, 0.717) is 18.8 Å². The molecule has 1 N–H and O–H groups in total. The number of nitrogens with zero attached hydrogens (tertiary/aromatic N) is 3. The summed E-state index contributed by atoms with van der Waals surface area (Å²) in [6, 6.07) is 7.76. The number of carbonyl (C=O) groups excluding carboxylic acids is 1. The second-order valence-corrected chi connectivity index (χ2v) is 6.65. The number of likely N-dealkylation sites (tertiary alicyclic amines) is 1. The number of aromatic nitrogens is 2. The lowest BCUT2D eigenvalue weighted by Gasteiger charge is -2.33. The van der Waals surface area contributed by atoms with Gasteiger partial charge in [0.25, 0.3) is 5.91 Å². The number of carboxylic acids is 1. The first kappa shape index (κ1) is 18.0. The molecule has 138 valence electrons. The lowest BCUT2D eigenvalue weighted by atomic mass is 10.0. The second-order valence-electron chi connectivity index (χ2n) is 6.65. The van der Waals surface area contributed by atoms with Crippen LogP contribution in [-0.4, -0.2) is 50.9 Å². The summed E-state index contributed by atoms with van der Waals surface area (Å²) in [7, 11) is 0. The summed E-state index contributed by atoms with van der Waals surface area (Å²) in [5.74, 6) is -0.318. The molecule has 0 radical (unpaired) electrons. The number of hydrogen-bond donors (Lipinski definition) is 1. The number of aryl methyl sites for hydroxylation is 1. The van der Waals surface area contributed by atoms with Crippen molar-refractivity contribution in [2.24, 2.45) is 0 Å². The van der Waals surface area contributed by atoms with Gasteiger partial charge >= 0.3 is 5.97 Å². The number of hydrogen-bond acceptors (Lipinski definition) is 4. The standard InChI is InChI=1S/C19H23N3O4/c1-13-4-3-5-17(10-13)26-14(2)18(23)21-8-6-16(7-9-21)22-12-15(11-20-22)19(24)25/h3-5,10-12,14,16H,6-9H2,1-2H3,(H,24,25). The van der Waals surface area contributed by atoms with E-state index in [1.54, 1.807) is 22.7 Å². The summed E-state index contributed by atoms with van der Waals surface area (Å²) in [6.45, 7) is 4.96. The van der Waals surface area contributed by atoms with E-state index in [1.807, 2.05) is 31.2 Å². The fourth-order valence-electron chi connectivity index (χ4n) is 3.20. The zero-order valence-corrected chi connectivity index (χ0v) is 15.0. The number of rotatable bonds is 5. The molecule has 3 rings (SSSR count). The predicted molar refractivity (Wildman–Crippen MR) is 95.3 cm³/mol. The normalized spacial score (nSPS) is 16.3. The van der Waals surface area contributed by atoms with E-state index in [0.717, 1.165) is 18.4 Å². The maximum Gasteiger partial charge on any atom is 0.338 e. The molecular weight excluding hydrogens is 334 g/mol. The van der Waals surface area contributed by atoms with Crippen LogP contribution in [-0.2, 0) is 4.79 Å². The Morgan fingerprint density at radius 2 is 2.04 bits per heavy atom. The lowest BCUT2D eigenvalue weighted by Crippen LogP contribution is -2.45. The van der Waals surface area contributed by atoms with E-state index in [4.69, 9.17) is 9.84 Å². The number of carboxylic acid groups (broad SMARTS) is 1. The van der Waals surface area contributed by atoms with Gasteiger partial charge in [0, 0.05) is 19.3 Å². The molecule has 0 saturated carbocycles. The fourth-order valence-corrected chi connectivity index (χ4v) is 3.20. The predicted octanol–water partition coefficient (Wildman–Crippen LogP) is 2.52. The molecule has 1 aromatic heterocycles. The molecule has 26 heavy (non-hydrogen) atoms. The number of carbonyl (C=O) groups is 2. The van der Waals surface area contributed by atoms with Crippen molar-refractivity contribution in [3.05, 3.63) is 47.8 Å². The SMILES string of the molecule is Cc1cccc(OC(C)C(=O)N2CCC(n3cc(C(=O)O)cn3)CC2)c1. The summed E-state index contributed by atoms with van der Waals surface area (Å²) in [6.07, 6.45) is 3.84. The van der Waals surface area contributed by atoms with Gasteiger partial charge < -0.3 is 14.7 Å². The molecule has 1 aliphatic heterocycles. The Bertz CT molecular complexity index is 794. The van der Waals surface area contributed by atoms with Crippen LogP contribution in [0.5, 0.6) is 5.75 Å². The van der Waals surface area contributed by atoms with Gasteiger partial charge in [0.1, 0.15) is 5.75 Å². The molecule has 1 atom stereocenters. The monoisotopic (exact) mass is 357 g/mol. The molecular formula is C19H23N3O4. The van der Waals surface area contributed by atoms with E-state index in [2.05, 4.69) is 5.10 Å². The minimum atomic E-state index is -0.981. The van der Waals surface area contributed by atoms with Crippen LogP contribution in [0.15, 0.2) is 36.7 Å². The number of piperidine rings is 1. The van der Waals surface area contributed by atoms with Crippen molar-refractivity contribution in [3.8, 4) is 5.75 Å². The molecule has 0 bridgehead atoms. The molecule has 0 aliphatic carbocycles. The van der Waals surface area contributed by atoms with Crippen LogP contribution < -0.4 is 4.74 Å². The third-order valence-electron chi connectivity index (χ3n) is 4.65. The zero-order valence-electron chi connectivity index (χ0n) is 15.0. The van der Waals surface area contributed by atoms with Gasteiger partial charge in [-0.2, -0.15) is 5.10 Å².